The maximum atomic E-state index is 12.8. The van der Waals surface area contributed by atoms with Crippen molar-refractivity contribution in [3.8, 4) is 0 Å². The van der Waals surface area contributed by atoms with E-state index in [1.165, 1.54) is 0 Å². The molecule has 2 aliphatic rings. The molecular weight excluding hydrogens is 408 g/mol. The summed E-state index contributed by atoms with van der Waals surface area (Å²) < 4.78 is 11.1. The van der Waals surface area contributed by atoms with Crippen molar-refractivity contribution in [1.82, 2.24) is 10.3 Å². The number of pyridine rings is 1. The van der Waals surface area contributed by atoms with Gasteiger partial charge < -0.3 is 25.0 Å². The minimum absolute atomic E-state index is 0.0204. The molecule has 0 radical (unpaired) electrons. The Kier molecular flexibility index (Phi) is 7.64. The highest BCUT2D eigenvalue weighted by Gasteiger charge is 2.29. The number of rotatable bonds is 4. The Bertz CT molecular complexity index is 805. The second-order valence-corrected chi connectivity index (χ2v) is 10.1. The molecule has 1 aromatic rings. The molecule has 1 aliphatic carbocycles. The fourth-order valence-electron chi connectivity index (χ4n) is 4.43. The number of carbonyl (C=O) groups is 2. The van der Waals surface area contributed by atoms with Crippen LogP contribution in [0.25, 0.3) is 0 Å². The Morgan fingerprint density at radius 1 is 1.09 bits per heavy atom. The van der Waals surface area contributed by atoms with E-state index in [-0.39, 0.29) is 30.1 Å². The molecule has 1 saturated carbocycles. The van der Waals surface area contributed by atoms with Gasteiger partial charge in [-0.25, -0.2) is 9.78 Å². The predicted octanol–water partition coefficient (Wildman–Crippen LogP) is 4.03. The number of aromatic nitrogens is 1. The van der Waals surface area contributed by atoms with Crippen molar-refractivity contribution in [2.45, 2.75) is 91.1 Å². The quantitative estimate of drug-likeness (QED) is 0.726. The summed E-state index contributed by atoms with van der Waals surface area (Å²) in [6, 6.07) is 3.96. The van der Waals surface area contributed by atoms with Crippen LogP contribution in [-0.2, 0) is 14.3 Å². The largest absolute Gasteiger partial charge is 0.444 e. The van der Waals surface area contributed by atoms with Gasteiger partial charge in [0.15, 0.2) is 0 Å². The number of hydrogen-bond acceptors (Lipinski definition) is 6. The van der Waals surface area contributed by atoms with Crippen molar-refractivity contribution < 1.29 is 19.1 Å². The molecule has 2 amide bonds. The molecule has 0 spiro atoms. The van der Waals surface area contributed by atoms with E-state index in [9.17, 15) is 9.59 Å². The molecule has 2 unspecified atom stereocenters. The van der Waals surface area contributed by atoms with E-state index >= 15 is 0 Å². The number of nitrogens with one attached hydrogen (secondary N) is 2. The summed E-state index contributed by atoms with van der Waals surface area (Å²) in [5.41, 5.74) is 1.05. The van der Waals surface area contributed by atoms with Gasteiger partial charge in [0.1, 0.15) is 11.4 Å². The molecule has 2 N–H and O–H groups in total. The molecule has 1 aliphatic heterocycles. The van der Waals surface area contributed by atoms with Crippen LogP contribution in [0, 0.1) is 12.8 Å². The summed E-state index contributed by atoms with van der Waals surface area (Å²) >= 11 is 0. The maximum Gasteiger partial charge on any atom is 0.407 e. The van der Waals surface area contributed by atoms with Gasteiger partial charge in [0.05, 0.1) is 23.6 Å². The molecule has 0 aromatic carbocycles. The van der Waals surface area contributed by atoms with E-state index in [4.69, 9.17) is 14.5 Å². The maximum absolute atomic E-state index is 12.8. The van der Waals surface area contributed by atoms with Gasteiger partial charge in [0, 0.05) is 25.0 Å². The van der Waals surface area contributed by atoms with Crippen LogP contribution in [0.2, 0.25) is 0 Å². The van der Waals surface area contributed by atoms with Gasteiger partial charge in [0.2, 0.25) is 5.91 Å². The lowest BCUT2D eigenvalue weighted by Crippen LogP contribution is -2.45. The highest BCUT2D eigenvalue weighted by molar-refractivity contribution is 5.93. The normalized spacial score (nSPS) is 26.4. The molecule has 2 heterocycles. The Morgan fingerprint density at radius 3 is 2.28 bits per heavy atom. The number of ether oxygens (including phenoxy) is 2. The van der Waals surface area contributed by atoms with E-state index in [2.05, 4.69) is 29.4 Å². The third-order valence-electron chi connectivity index (χ3n) is 5.89. The van der Waals surface area contributed by atoms with Crippen LogP contribution < -0.4 is 15.5 Å². The number of carbonyl (C=O) groups excluding carboxylic acids is 2. The molecular formula is C24H38N4O4. The van der Waals surface area contributed by atoms with Crippen molar-refractivity contribution in [2.75, 3.05) is 23.3 Å². The molecule has 3 rings (SSSR count). The minimum atomic E-state index is -0.513. The van der Waals surface area contributed by atoms with E-state index in [1.807, 2.05) is 39.8 Å². The Hall–Kier alpha value is -2.35. The molecule has 1 saturated heterocycles. The number of alkyl carbamates (subject to hydrolysis) is 1. The number of anilines is 2. The fraction of sp³-hybridized carbons (Fsp3) is 0.708. The third-order valence-corrected chi connectivity index (χ3v) is 5.89. The van der Waals surface area contributed by atoms with Crippen molar-refractivity contribution in [2.24, 2.45) is 5.92 Å². The number of hydrogen-bond donors (Lipinski definition) is 2. The van der Waals surface area contributed by atoms with Gasteiger partial charge in [-0.15, -0.1) is 0 Å². The van der Waals surface area contributed by atoms with Gasteiger partial charge in [-0.1, -0.05) is 0 Å². The van der Waals surface area contributed by atoms with Gasteiger partial charge in [-0.05, 0) is 79.4 Å². The average molecular weight is 447 g/mol. The highest BCUT2D eigenvalue weighted by Crippen LogP contribution is 2.27. The molecule has 8 heteroatoms. The van der Waals surface area contributed by atoms with Crippen molar-refractivity contribution in [1.29, 1.82) is 0 Å². The number of aryl methyl sites for hydroxylation is 1. The van der Waals surface area contributed by atoms with Crippen LogP contribution in [0.1, 0.15) is 66.0 Å². The molecule has 1 aromatic heterocycles. The molecule has 2 fully saturated rings. The van der Waals surface area contributed by atoms with Crippen molar-refractivity contribution >= 4 is 23.5 Å². The lowest BCUT2D eigenvalue weighted by molar-refractivity contribution is -0.120. The second kappa shape index (κ2) is 10.1. The molecule has 0 bridgehead atoms. The first kappa shape index (κ1) is 24.3. The zero-order valence-electron chi connectivity index (χ0n) is 20.2. The van der Waals surface area contributed by atoms with Crippen LogP contribution >= 0.6 is 0 Å². The SMILES string of the molecule is Cc1nc(N2CC(C)OC(C)C2)ccc1NC(=O)C1CCC(NC(=O)OC(C)(C)C)CC1. The van der Waals surface area contributed by atoms with Gasteiger partial charge in [-0.2, -0.15) is 0 Å². The van der Waals surface area contributed by atoms with Crippen molar-refractivity contribution in [3.63, 3.8) is 0 Å². The molecule has 8 nitrogen and oxygen atoms in total. The number of nitrogens with zero attached hydrogens (tertiary/aromatic N) is 2. The van der Waals surface area contributed by atoms with E-state index < -0.39 is 11.7 Å². The summed E-state index contributed by atoms with van der Waals surface area (Å²) in [5.74, 6) is 0.870. The zero-order chi connectivity index (χ0) is 23.5. The lowest BCUT2D eigenvalue weighted by Gasteiger charge is -2.36. The Morgan fingerprint density at radius 2 is 1.72 bits per heavy atom. The average Bonchev–Trinajstić information content (AvgIpc) is 2.67. The van der Waals surface area contributed by atoms with Gasteiger partial charge in [0.25, 0.3) is 0 Å². The predicted molar refractivity (Wildman–Crippen MR) is 125 cm³/mol. The third kappa shape index (κ3) is 6.82. The second-order valence-electron chi connectivity index (χ2n) is 10.1. The van der Waals surface area contributed by atoms with E-state index in [1.54, 1.807) is 0 Å². The van der Waals surface area contributed by atoms with Crippen LogP contribution in [-0.4, -0.2) is 53.9 Å². The van der Waals surface area contributed by atoms with Crippen LogP contribution in [0.3, 0.4) is 0 Å². The topological polar surface area (TPSA) is 92.8 Å². The van der Waals surface area contributed by atoms with Gasteiger partial charge in [-0.3, -0.25) is 4.79 Å². The monoisotopic (exact) mass is 446 g/mol. The molecule has 178 valence electrons. The summed E-state index contributed by atoms with van der Waals surface area (Å²) in [6.07, 6.45) is 2.94. The zero-order valence-corrected chi connectivity index (χ0v) is 20.2. The standard InChI is InChI=1S/C24H38N4O4/c1-15-13-28(14-16(2)31-15)21-12-11-20(17(3)25-21)27-22(29)18-7-9-19(10-8-18)26-23(30)32-24(4,5)6/h11-12,15-16,18-19H,7-10,13-14H2,1-6H3,(H,26,30)(H,27,29). The Labute approximate surface area is 191 Å². The lowest BCUT2D eigenvalue weighted by atomic mass is 9.85. The summed E-state index contributed by atoms with van der Waals surface area (Å²) in [4.78, 5) is 31.8. The highest BCUT2D eigenvalue weighted by atomic mass is 16.6. The van der Waals surface area contributed by atoms with Crippen LogP contribution in [0.5, 0.6) is 0 Å². The molecule has 2 atom stereocenters. The van der Waals surface area contributed by atoms with Crippen molar-refractivity contribution in [3.05, 3.63) is 17.8 Å². The summed E-state index contributed by atoms with van der Waals surface area (Å²) in [7, 11) is 0. The van der Waals surface area contributed by atoms with Gasteiger partial charge >= 0.3 is 6.09 Å². The van der Waals surface area contributed by atoms with Crippen LogP contribution in [0.15, 0.2) is 12.1 Å². The summed E-state index contributed by atoms with van der Waals surface area (Å²) in [6.45, 7) is 13.2. The number of amides is 2. The Balaban J connectivity index is 1.50. The first-order valence-corrected chi connectivity index (χ1v) is 11.7. The summed E-state index contributed by atoms with van der Waals surface area (Å²) in [5, 5.41) is 5.98. The smallest absolute Gasteiger partial charge is 0.407 e. The first-order valence-electron chi connectivity index (χ1n) is 11.7. The van der Waals surface area contributed by atoms with Crippen LogP contribution in [0.4, 0.5) is 16.3 Å². The number of morpholine rings is 1. The fourth-order valence-corrected chi connectivity index (χ4v) is 4.43. The first-order chi connectivity index (χ1) is 15.0. The van der Waals surface area contributed by atoms with E-state index in [0.29, 0.717) is 0 Å². The van der Waals surface area contributed by atoms with E-state index in [0.717, 1.165) is 56.0 Å². The molecule has 32 heavy (non-hydrogen) atoms. The minimum Gasteiger partial charge on any atom is -0.444 e.